The Labute approximate surface area is 114 Å². The van der Waals surface area contributed by atoms with Gasteiger partial charge in [0.05, 0.1) is 4.92 Å². The zero-order chi connectivity index (χ0) is 15.3. The van der Waals surface area contributed by atoms with Crippen molar-refractivity contribution in [2.45, 2.75) is 13.3 Å². The van der Waals surface area contributed by atoms with Crippen LogP contribution in [0.25, 0.3) is 0 Å². The molecule has 0 aliphatic heterocycles. The molecule has 8 heteroatoms. The van der Waals surface area contributed by atoms with Crippen LogP contribution in [-0.2, 0) is 4.79 Å². The lowest BCUT2D eigenvalue weighted by molar-refractivity contribution is -0.385. The Kier molecular flexibility index (Phi) is 5.01. The van der Waals surface area contributed by atoms with E-state index in [0.717, 1.165) is 17.0 Å². The summed E-state index contributed by atoms with van der Waals surface area (Å²) in [6, 6.07) is 3.16. The SMILES string of the molecule is CCCN(CC(=O)O)C(=O)c1ccc([N+](=O)[O-])c(O)c1. The van der Waals surface area contributed by atoms with Gasteiger partial charge in [0.2, 0.25) is 0 Å². The van der Waals surface area contributed by atoms with Crippen molar-refractivity contribution in [3.8, 4) is 5.75 Å². The van der Waals surface area contributed by atoms with Crippen molar-refractivity contribution >= 4 is 17.6 Å². The van der Waals surface area contributed by atoms with Gasteiger partial charge in [-0.25, -0.2) is 0 Å². The first-order valence-corrected chi connectivity index (χ1v) is 5.85. The Hall–Kier alpha value is -2.64. The highest BCUT2D eigenvalue weighted by atomic mass is 16.6. The standard InChI is InChI=1S/C12H14N2O6/c1-2-5-13(7-11(16)17)12(18)8-3-4-9(14(19)20)10(15)6-8/h3-4,6,15H,2,5,7H2,1H3,(H,16,17). The summed E-state index contributed by atoms with van der Waals surface area (Å²) in [5.41, 5.74) is -0.510. The van der Waals surface area contributed by atoms with Gasteiger partial charge in [-0.15, -0.1) is 0 Å². The maximum absolute atomic E-state index is 12.1. The molecule has 8 nitrogen and oxygen atoms in total. The highest BCUT2D eigenvalue weighted by Crippen LogP contribution is 2.26. The maximum atomic E-state index is 12.1. The lowest BCUT2D eigenvalue weighted by Crippen LogP contribution is -2.36. The summed E-state index contributed by atoms with van der Waals surface area (Å²) in [6.45, 7) is 1.56. The molecule has 108 valence electrons. The van der Waals surface area contributed by atoms with Crippen LogP contribution in [0.3, 0.4) is 0 Å². The Bertz CT molecular complexity index is 543. The predicted octanol–water partition coefficient (Wildman–Crippen LogP) is 1.24. The maximum Gasteiger partial charge on any atom is 0.323 e. The van der Waals surface area contributed by atoms with E-state index in [1.165, 1.54) is 6.07 Å². The van der Waals surface area contributed by atoms with Gasteiger partial charge in [0.1, 0.15) is 6.54 Å². The third-order valence-electron chi connectivity index (χ3n) is 2.53. The van der Waals surface area contributed by atoms with Crippen molar-refractivity contribution in [1.82, 2.24) is 4.90 Å². The molecule has 0 heterocycles. The number of nitro benzene ring substituents is 1. The molecular formula is C12H14N2O6. The van der Waals surface area contributed by atoms with Gasteiger partial charge in [-0.05, 0) is 18.6 Å². The van der Waals surface area contributed by atoms with Crippen LogP contribution in [0.5, 0.6) is 5.75 Å². The van der Waals surface area contributed by atoms with Gasteiger partial charge in [-0.2, -0.15) is 0 Å². The third kappa shape index (κ3) is 3.67. The molecule has 0 atom stereocenters. The topological polar surface area (TPSA) is 121 Å². The van der Waals surface area contributed by atoms with E-state index in [-0.39, 0.29) is 12.1 Å². The summed E-state index contributed by atoms with van der Waals surface area (Å²) in [5.74, 6) is -2.38. The van der Waals surface area contributed by atoms with Crippen molar-refractivity contribution < 1.29 is 24.7 Å². The number of phenolic OH excluding ortho intramolecular Hbond substituents is 1. The molecule has 0 spiro atoms. The highest BCUT2D eigenvalue weighted by Gasteiger charge is 2.21. The number of phenols is 1. The molecule has 1 aromatic rings. The Morgan fingerprint density at radius 1 is 1.40 bits per heavy atom. The molecule has 1 rings (SSSR count). The number of amides is 1. The molecule has 0 aliphatic carbocycles. The quantitative estimate of drug-likeness (QED) is 0.598. The van der Waals surface area contributed by atoms with Crippen LogP contribution in [0, 0.1) is 10.1 Å². The fourth-order valence-electron chi connectivity index (χ4n) is 1.68. The largest absolute Gasteiger partial charge is 0.502 e. The number of rotatable bonds is 6. The van der Waals surface area contributed by atoms with Gasteiger partial charge >= 0.3 is 11.7 Å². The Morgan fingerprint density at radius 2 is 2.05 bits per heavy atom. The fourth-order valence-corrected chi connectivity index (χ4v) is 1.68. The smallest absolute Gasteiger partial charge is 0.323 e. The average molecular weight is 282 g/mol. The van der Waals surface area contributed by atoms with E-state index in [1.54, 1.807) is 6.92 Å². The summed E-state index contributed by atoms with van der Waals surface area (Å²) in [4.78, 5) is 33.7. The first-order valence-electron chi connectivity index (χ1n) is 5.85. The number of carboxylic acid groups (broad SMARTS) is 1. The number of hydrogen-bond donors (Lipinski definition) is 2. The minimum atomic E-state index is -1.15. The van der Waals surface area contributed by atoms with Crippen LogP contribution in [0.2, 0.25) is 0 Å². The number of carbonyl (C=O) groups is 2. The van der Waals surface area contributed by atoms with Crippen LogP contribution in [0.4, 0.5) is 5.69 Å². The van der Waals surface area contributed by atoms with Gasteiger partial charge < -0.3 is 15.1 Å². The predicted molar refractivity (Wildman–Crippen MR) is 68.6 cm³/mol. The number of aliphatic carboxylic acids is 1. The van der Waals surface area contributed by atoms with Crippen LogP contribution in [0.1, 0.15) is 23.7 Å². The van der Waals surface area contributed by atoms with Gasteiger partial charge in [-0.3, -0.25) is 19.7 Å². The van der Waals surface area contributed by atoms with Crippen LogP contribution in [-0.4, -0.2) is 45.0 Å². The Balaban J connectivity index is 3.03. The van der Waals surface area contributed by atoms with Crippen molar-refractivity contribution in [3.63, 3.8) is 0 Å². The van der Waals surface area contributed by atoms with E-state index in [0.29, 0.717) is 6.42 Å². The molecule has 0 saturated heterocycles. The number of carbonyl (C=O) groups excluding carboxylic acids is 1. The molecule has 0 unspecified atom stereocenters. The van der Waals surface area contributed by atoms with Crippen molar-refractivity contribution in [3.05, 3.63) is 33.9 Å². The first-order chi connectivity index (χ1) is 9.36. The number of aromatic hydroxyl groups is 1. The molecule has 0 bridgehead atoms. The molecule has 0 saturated carbocycles. The summed E-state index contributed by atoms with van der Waals surface area (Å²) in [7, 11) is 0. The van der Waals surface area contributed by atoms with Gasteiger partial charge in [0.25, 0.3) is 5.91 Å². The van der Waals surface area contributed by atoms with E-state index >= 15 is 0 Å². The van der Waals surface area contributed by atoms with E-state index in [4.69, 9.17) is 5.11 Å². The summed E-state index contributed by atoms with van der Waals surface area (Å²) < 4.78 is 0. The van der Waals surface area contributed by atoms with E-state index in [2.05, 4.69) is 0 Å². The lowest BCUT2D eigenvalue weighted by Gasteiger charge is -2.19. The van der Waals surface area contributed by atoms with Crippen LogP contribution >= 0.6 is 0 Å². The lowest BCUT2D eigenvalue weighted by atomic mass is 10.1. The molecule has 0 fully saturated rings. The number of benzene rings is 1. The van der Waals surface area contributed by atoms with Crippen molar-refractivity contribution in [2.24, 2.45) is 0 Å². The fraction of sp³-hybridized carbons (Fsp3) is 0.333. The average Bonchev–Trinajstić information content (AvgIpc) is 2.36. The van der Waals surface area contributed by atoms with Gasteiger partial charge in [-0.1, -0.05) is 6.92 Å². The van der Waals surface area contributed by atoms with Crippen LogP contribution in [0.15, 0.2) is 18.2 Å². The Morgan fingerprint density at radius 3 is 2.50 bits per heavy atom. The zero-order valence-electron chi connectivity index (χ0n) is 10.8. The zero-order valence-corrected chi connectivity index (χ0v) is 10.8. The van der Waals surface area contributed by atoms with Crippen molar-refractivity contribution in [1.29, 1.82) is 0 Å². The van der Waals surface area contributed by atoms with E-state index in [1.807, 2.05) is 0 Å². The first kappa shape index (κ1) is 15.4. The number of nitrogens with zero attached hydrogens (tertiary/aromatic N) is 2. The summed E-state index contributed by atoms with van der Waals surface area (Å²) in [6.07, 6.45) is 0.567. The van der Waals surface area contributed by atoms with E-state index in [9.17, 15) is 24.8 Å². The number of hydrogen-bond acceptors (Lipinski definition) is 5. The normalized spacial score (nSPS) is 10.1. The molecule has 20 heavy (non-hydrogen) atoms. The van der Waals surface area contributed by atoms with Gasteiger partial charge in [0.15, 0.2) is 5.75 Å². The molecule has 1 aromatic carbocycles. The second-order valence-electron chi connectivity index (χ2n) is 4.08. The second-order valence-corrected chi connectivity index (χ2v) is 4.08. The van der Waals surface area contributed by atoms with E-state index < -0.39 is 34.8 Å². The summed E-state index contributed by atoms with van der Waals surface area (Å²) >= 11 is 0. The molecular weight excluding hydrogens is 268 g/mol. The minimum absolute atomic E-state index is 0.00259. The number of nitro groups is 1. The molecule has 2 N–H and O–H groups in total. The van der Waals surface area contributed by atoms with Gasteiger partial charge in [0, 0.05) is 18.2 Å². The monoisotopic (exact) mass is 282 g/mol. The molecule has 0 radical (unpaired) electrons. The van der Waals surface area contributed by atoms with Crippen molar-refractivity contribution in [2.75, 3.05) is 13.1 Å². The second kappa shape index (κ2) is 6.50. The molecule has 0 aliphatic rings. The molecule has 0 aromatic heterocycles. The number of carboxylic acids is 1. The highest BCUT2D eigenvalue weighted by molar-refractivity contribution is 5.96. The van der Waals surface area contributed by atoms with Crippen LogP contribution < -0.4 is 0 Å². The summed E-state index contributed by atoms with van der Waals surface area (Å²) in [5, 5.41) is 28.8. The minimum Gasteiger partial charge on any atom is -0.502 e. The molecule has 1 amide bonds. The third-order valence-corrected chi connectivity index (χ3v) is 2.53.